The molecule has 1 aliphatic heterocycles. The molecule has 0 radical (unpaired) electrons. The molecule has 1 atom stereocenters. The van der Waals surface area contributed by atoms with Gasteiger partial charge in [-0.2, -0.15) is 0 Å². The van der Waals surface area contributed by atoms with Gasteiger partial charge in [-0.25, -0.2) is 9.97 Å². The lowest BCUT2D eigenvalue weighted by Gasteiger charge is -2.22. The number of nitrogens with zero attached hydrogens (tertiary/aromatic N) is 3. The highest BCUT2D eigenvalue weighted by Crippen LogP contribution is 2.33. The lowest BCUT2D eigenvalue weighted by Crippen LogP contribution is -2.18. The topological polar surface area (TPSA) is 39.9 Å². The summed E-state index contributed by atoms with van der Waals surface area (Å²) in [5.74, 6) is 1.34. The van der Waals surface area contributed by atoms with Crippen LogP contribution < -0.4 is 0 Å². The standard InChI is InChI=1S/C15H14ClN3OS/c16-12-5-6-13(21-12)19-14(10-3-2-8-20-9-10)18-11-4-1-7-17-15(11)19/h1,4-7,10H,2-3,8-9H2. The van der Waals surface area contributed by atoms with E-state index in [1.54, 1.807) is 17.5 Å². The van der Waals surface area contributed by atoms with Gasteiger partial charge in [-0.15, -0.1) is 11.3 Å². The third-order valence-electron chi connectivity index (χ3n) is 3.75. The molecule has 6 heteroatoms. The Labute approximate surface area is 131 Å². The van der Waals surface area contributed by atoms with Gasteiger partial charge in [0.2, 0.25) is 0 Å². The molecular weight excluding hydrogens is 306 g/mol. The molecular formula is C15H14ClN3OS. The minimum absolute atomic E-state index is 0.314. The number of aromatic nitrogens is 3. The van der Waals surface area contributed by atoms with Crippen LogP contribution in [0.15, 0.2) is 30.5 Å². The molecule has 0 N–H and O–H groups in total. The predicted octanol–water partition coefficient (Wildman–Crippen LogP) is 4.03. The summed E-state index contributed by atoms with van der Waals surface area (Å²) in [4.78, 5) is 9.31. The molecule has 0 saturated carbocycles. The largest absolute Gasteiger partial charge is 0.381 e. The molecule has 4 rings (SSSR count). The Morgan fingerprint density at radius 3 is 3.05 bits per heavy atom. The molecule has 0 bridgehead atoms. The predicted molar refractivity (Wildman–Crippen MR) is 84.5 cm³/mol. The summed E-state index contributed by atoms with van der Waals surface area (Å²) < 4.78 is 8.53. The third-order valence-corrected chi connectivity index (χ3v) is 4.96. The van der Waals surface area contributed by atoms with Crippen LogP contribution in [0.3, 0.4) is 0 Å². The first kappa shape index (κ1) is 13.2. The molecule has 0 amide bonds. The van der Waals surface area contributed by atoms with Crippen LogP contribution in [0, 0.1) is 0 Å². The lowest BCUT2D eigenvalue weighted by atomic mass is 10.0. The fraction of sp³-hybridized carbons (Fsp3) is 0.333. The van der Waals surface area contributed by atoms with Gasteiger partial charge >= 0.3 is 0 Å². The third kappa shape index (κ3) is 2.35. The highest BCUT2D eigenvalue weighted by molar-refractivity contribution is 7.18. The maximum Gasteiger partial charge on any atom is 0.165 e. The Bertz CT molecular complexity index is 776. The summed E-state index contributed by atoms with van der Waals surface area (Å²) in [6.45, 7) is 1.57. The summed E-state index contributed by atoms with van der Waals surface area (Å²) in [7, 11) is 0. The molecule has 3 aromatic heterocycles. The van der Waals surface area contributed by atoms with E-state index in [9.17, 15) is 0 Å². The molecule has 4 heterocycles. The van der Waals surface area contributed by atoms with Crippen LogP contribution in [0.1, 0.15) is 24.6 Å². The van der Waals surface area contributed by atoms with Crippen LogP contribution in [0.25, 0.3) is 16.2 Å². The second kappa shape index (κ2) is 5.40. The van der Waals surface area contributed by atoms with Crippen molar-refractivity contribution in [1.82, 2.24) is 14.5 Å². The summed E-state index contributed by atoms with van der Waals surface area (Å²) in [6.07, 6.45) is 3.98. The van der Waals surface area contributed by atoms with Gasteiger partial charge in [0.15, 0.2) is 5.65 Å². The van der Waals surface area contributed by atoms with Crippen molar-refractivity contribution >= 4 is 34.1 Å². The van der Waals surface area contributed by atoms with Crippen LogP contribution in [0.2, 0.25) is 4.34 Å². The number of rotatable bonds is 2. The highest BCUT2D eigenvalue weighted by atomic mass is 35.5. The maximum atomic E-state index is 6.11. The highest BCUT2D eigenvalue weighted by Gasteiger charge is 2.24. The van der Waals surface area contributed by atoms with Crippen molar-refractivity contribution in [3.63, 3.8) is 0 Å². The minimum Gasteiger partial charge on any atom is -0.381 e. The van der Waals surface area contributed by atoms with Gasteiger partial charge in [-0.1, -0.05) is 11.6 Å². The average molecular weight is 320 g/mol. The zero-order valence-electron chi connectivity index (χ0n) is 11.3. The first-order chi connectivity index (χ1) is 10.3. The van der Waals surface area contributed by atoms with Crippen LogP contribution in [0.5, 0.6) is 0 Å². The summed E-state index contributed by atoms with van der Waals surface area (Å²) in [5, 5.41) is 1.06. The van der Waals surface area contributed by atoms with Crippen LogP contribution >= 0.6 is 22.9 Å². The average Bonchev–Trinajstić information content (AvgIpc) is 3.11. The Kier molecular flexibility index (Phi) is 3.41. The number of ether oxygens (including phenoxy) is 1. The molecule has 0 aromatic carbocycles. The summed E-state index contributed by atoms with van der Waals surface area (Å²) in [5.41, 5.74) is 1.80. The van der Waals surface area contributed by atoms with Gasteiger partial charge in [0, 0.05) is 18.7 Å². The summed E-state index contributed by atoms with van der Waals surface area (Å²) >= 11 is 7.65. The molecule has 108 valence electrons. The number of thiophene rings is 1. The van der Waals surface area contributed by atoms with E-state index in [2.05, 4.69) is 9.55 Å². The van der Waals surface area contributed by atoms with Crippen molar-refractivity contribution in [2.75, 3.05) is 13.2 Å². The van der Waals surface area contributed by atoms with Gasteiger partial charge in [0.25, 0.3) is 0 Å². The molecule has 1 fully saturated rings. The number of fused-ring (bicyclic) bond motifs is 1. The van der Waals surface area contributed by atoms with Gasteiger partial charge < -0.3 is 4.74 Å². The SMILES string of the molecule is Clc1ccc(-n2c(C3CCCOC3)nc3cccnc32)s1. The van der Waals surface area contributed by atoms with Crippen molar-refractivity contribution in [2.45, 2.75) is 18.8 Å². The normalized spacial score (nSPS) is 19.2. The van der Waals surface area contributed by atoms with E-state index in [4.69, 9.17) is 21.3 Å². The van der Waals surface area contributed by atoms with Crippen LogP contribution in [-0.2, 0) is 4.74 Å². The van der Waals surface area contributed by atoms with Crippen molar-refractivity contribution < 1.29 is 4.74 Å². The van der Waals surface area contributed by atoms with E-state index in [1.807, 2.05) is 24.3 Å². The Morgan fingerprint density at radius 1 is 1.33 bits per heavy atom. The van der Waals surface area contributed by atoms with Crippen LogP contribution in [-0.4, -0.2) is 27.7 Å². The molecule has 3 aromatic rings. The quantitative estimate of drug-likeness (QED) is 0.716. The van der Waals surface area contributed by atoms with Gasteiger partial charge in [0.05, 0.1) is 10.9 Å². The minimum atomic E-state index is 0.314. The van der Waals surface area contributed by atoms with Gasteiger partial charge in [-0.05, 0) is 37.1 Å². The van der Waals surface area contributed by atoms with E-state index in [0.29, 0.717) is 5.92 Å². The Hall–Kier alpha value is -1.43. The number of hydrogen-bond donors (Lipinski definition) is 0. The van der Waals surface area contributed by atoms with E-state index >= 15 is 0 Å². The smallest absolute Gasteiger partial charge is 0.165 e. The molecule has 4 nitrogen and oxygen atoms in total. The molecule has 1 aliphatic rings. The first-order valence-electron chi connectivity index (χ1n) is 7.00. The van der Waals surface area contributed by atoms with E-state index < -0.39 is 0 Å². The number of pyridine rings is 1. The Balaban J connectivity index is 1.92. The van der Waals surface area contributed by atoms with Crippen molar-refractivity contribution in [2.24, 2.45) is 0 Å². The fourth-order valence-corrected chi connectivity index (χ4v) is 3.83. The monoisotopic (exact) mass is 319 g/mol. The van der Waals surface area contributed by atoms with Crippen molar-refractivity contribution in [3.8, 4) is 5.00 Å². The molecule has 1 unspecified atom stereocenters. The summed E-state index contributed by atoms with van der Waals surface area (Å²) in [6, 6.07) is 7.86. The first-order valence-corrected chi connectivity index (χ1v) is 8.19. The lowest BCUT2D eigenvalue weighted by molar-refractivity contribution is 0.0778. The zero-order chi connectivity index (χ0) is 14.2. The number of hydrogen-bond acceptors (Lipinski definition) is 4. The van der Waals surface area contributed by atoms with Crippen LogP contribution in [0.4, 0.5) is 0 Å². The van der Waals surface area contributed by atoms with E-state index in [-0.39, 0.29) is 0 Å². The van der Waals surface area contributed by atoms with Crippen molar-refractivity contribution in [1.29, 1.82) is 0 Å². The molecule has 0 aliphatic carbocycles. The van der Waals surface area contributed by atoms with E-state index in [0.717, 1.165) is 52.4 Å². The zero-order valence-corrected chi connectivity index (χ0v) is 12.9. The van der Waals surface area contributed by atoms with E-state index in [1.165, 1.54) is 0 Å². The fourth-order valence-electron chi connectivity index (χ4n) is 2.79. The van der Waals surface area contributed by atoms with Gasteiger partial charge in [-0.3, -0.25) is 4.57 Å². The van der Waals surface area contributed by atoms with Crippen molar-refractivity contribution in [3.05, 3.63) is 40.6 Å². The second-order valence-corrected chi connectivity index (χ2v) is 6.84. The number of halogens is 1. The maximum absolute atomic E-state index is 6.11. The molecule has 21 heavy (non-hydrogen) atoms. The number of imidazole rings is 1. The molecule has 0 spiro atoms. The van der Waals surface area contributed by atoms with Gasteiger partial charge in [0.1, 0.15) is 16.3 Å². The Morgan fingerprint density at radius 2 is 2.29 bits per heavy atom. The second-order valence-electron chi connectivity index (χ2n) is 5.14. The molecule has 1 saturated heterocycles.